The normalized spacial score (nSPS) is 10.8. The van der Waals surface area contributed by atoms with Gasteiger partial charge in [-0.15, -0.1) is 0 Å². The van der Waals surface area contributed by atoms with Crippen LogP contribution in [0, 0.1) is 13.8 Å². The molecule has 5 nitrogen and oxygen atoms in total. The highest BCUT2D eigenvalue weighted by Crippen LogP contribution is 2.21. The second-order valence-corrected chi connectivity index (χ2v) is 4.29. The highest BCUT2D eigenvalue weighted by atomic mass is 79.9. The van der Waals surface area contributed by atoms with Crippen LogP contribution in [-0.2, 0) is 6.54 Å². The van der Waals surface area contributed by atoms with E-state index in [9.17, 15) is 0 Å². The molecule has 0 fully saturated rings. The van der Waals surface area contributed by atoms with E-state index < -0.39 is 0 Å². The first-order valence-corrected chi connectivity index (χ1v) is 5.66. The first kappa shape index (κ1) is 11.2. The van der Waals surface area contributed by atoms with Crippen molar-refractivity contribution in [2.75, 3.05) is 0 Å². The second kappa shape index (κ2) is 4.31. The Balaban J connectivity index is 2.46. The maximum absolute atomic E-state index is 5.49. The lowest BCUT2D eigenvalue weighted by Gasteiger charge is -2.02. The minimum Gasteiger partial charge on any atom is -0.326 e. The summed E-state index contributed by atoms with van der Waals surface area (Å²) in [6.45, 7) is 4.34. The van der Waals surface area contributed by atoms with E-state index in [-0.39, 0.29) is 0 Å². The minimum atomic E-state index is 0.446. The van der Waals surface area contributed by atoms with Crippen LogP contribution in [-0.4, -0.2) is 19.7 Å². The van der Waals surface area contributed by atoms with Crippen molar-refractivity contribution in [3.05, 3.63) is 33.8 Å². The molecule has 2 aromatic heterocycles. The van der Waals surface area contributed by atoms with Crippen molar-refractivity contribution < 1.29 is 0 Å². The Morgan fingerprint density at radius 1 is 1.31 bits per heavy atom. The molecule has 0 radical (unpaired) electrons. The highest BCUT2D eigenvalue weighted by molar-refractivity contribution is 9.10. The molecule has 0 aromatic carbocycles. The lowest BCUT2D eigenvalue weighted by atomic mass is 10.3. The first-order valence-electron chi connectivity index (χ1n) is 4.86. The standard InChI is InChI=1S/C10H12BrN5/c1-6-9(11)7(2)16(15-6)10-13-4-8(3-12)5-14-10/h4-5H,3,12H2,1-2H3. The predicted molar refractivity (Wildman–Crippen MR) is 64.2 cm³/mol. The first-order chi connectivity index (χ1) is 7.63. The highest BCUT2D eigenvalue weighted by Gasteiger charge is 2.11. The summed E-state index contributed by atoms with van der Waals surface area (Å²) in [5.41, 5.74) is 8.30. The molecule has 2 heterocycles. The van der Waals surface area contributed by atoms with Crippen LogP contribution in [0.4, 0.5) is 0 Å². The fourth-order valence-corrected chi connectivity index (χ4v) is 1.63. The van der Waals surface area contributed by atoms with E-state index in [1.54, 1.807) is 17.1 Å². The average molecular weight is 282 g/mol. The van der Waals surface area contributed by atoms with Gasteiger partial charge in [0.05, 0.1) is 15.9 Å². The number of aryl methyl sites for hydroxylation is 1. The largest absolute Gasteiger partial charge is 0.326 e. The Morgan fingerprint density at radius 2 is 1.94 bits per heavy atom. The summed E-state index contributed by atoms with van der Waals surface area (Å²) in [5.74, 6) is 0.559. The molecule has 0 amide bonds. The molecular formula is C10H12BrN5. The van der Waals surface area contributed by atoms with Gasteiger partial charge < -0.3 is 5.73 Å². The predicted octanol–water partition coefficient (Wildman–Crippen LogP) is 1.50. The molecule has 0 aliphatic rings. The summed E-state index contributed by atoms with van der Waals surface area (Å²) in [4.78, 5) is 8.45. The van der Waals surface area contributed by atoms with Crippen LogP contribution in [0.25, 0.3) is 5.95 Å². The monoisotopic (exact) mass is 281 g/mol. The molecule has 16 heavy (non-hydrogen) atoms. The van der Waals surface area contributed by atoms with Crippen molar-refractivity contribution in [3.63, 3.8) is 0 Å². The van der Waals surface area contributed by atoms with E-state index in [0.717, 1.165) is 21.4 Å². The lowest BCUT2D eigenvalue weighted by molar-refractivity contribution is 0.768. The van der Waals surface area contributed by atoms with Crippen LogP contribution >= 0.6 is 15.9 Å². The Kier molecular flexibility index (Phi) is 3.02. The van der Waals surface area contributed by atoms with Crippen LogP contribution in [0.2, 0.25) is 0 Å². The molecule has 0 spiro atoms. The van der Waals surface area contributed by atoms with Gasteiger partial charge in [-0.3, -0.25) is 0 Å². The Labute approximate surface area is 102 Å². The average Bonchev–Trinajstić information content (AvgIpc) is 2.57. The maximum atomic E-state index is 5.49. The van der Waals surface area contributed by atoms with Gasteiger partial charge in [0.2, 0.25) is 0 Å². The third-order valence-corrected chi connectivity index (χ3v) is 3.47. The fraction of sp³-hybridized carbons (Fsp3) is 0.300. The number of halogens is 1. The van der Waals surface area contributed by atoms with Gasteiger partial charge in [-0.25, -0.2) is 14.6 Å². The van der Waals surface area contributed by atoms with E-state index in [1.807, 2.05) is 13.8 Å². The quantitative estimate of drug-likeness (QED) is 0.906. The number of hydrogen-bond donors (Lipinski definition) is 1. The molecule has 2 aromatic rings. The minimum absolute atomic E-state index is 0.446. The van der Waals surface area contributed by atoms with Gasteiger partial charge in [-0.05, 0) is 29.8 Å². The van der Waals surface area contributed by atoms with Crippen LogP contribution < -0.4 is 5.73 Å². The number of rotatable bonds is 2. The van der Waals surface area contributed by atoms with Crippen molar-refractivity contribution in [1.29, 1.82) is 0 Å². The molecule has 0 aliphatic heterocycles. The van der Waals surface area contributed by atoms with Gasteiger partial charge in [-0.2, -0.15) is 5.10 Å². The van der Waals surface area contributed by atoms with Gasteiger partial charge in [0.1, 0.15) is 0 Å². The van der Waals surface area contributed by atoms with E-state index in [1.165, 1.54) is 0 Å². The summed E-state index contributed by atoms with van der Waals surface area (Å²) in [5, 5.41) is 4.35. The van der Waals surface area contributed by atoms with Gasteiger partial charge in [0, 0.05) is 24.5 Å². The van der Waals surface area contributed by atoms with Crippen molar-refractivity contribution in [2.24, 2.45) is 5.73 Å². The third kappa shape index (κ3) is 1.85. The van der Waals surface area contributed by atoms with Gasteiger partial charge in [0.25, 0.3) is 5.95 Å². The number of nitrogens with two attached hydrogens (primary N) is 1. The number of nitrogens with zero attached hydrogens (tertiary/aromatic N) is 4. The lowest BCUT2D eigenvalue weighted by Crippen LogP contribution is -2.06. The second-order valence-electron chi connectivity index (χ2n) is 3.49. The van der Waals surface area contributed by atoms with Crippen molar-refractivity contribution >= 4 is 15.9 Å². The summed E-state index contributed by atoms with van der Waals surface area (Å²) in [7, 11) is 0. The Morgan fingerprint density at radius 3 is 2.38 bits per heavy atom. The van der Waals surface area contributed by atoms with E-state index >= 15 is 0 Å². The summed E-state index contributed by atoms with van der Waals surface area (Å²) in [6.07, 6.45) is 3.43. The Hall–Kier alpha value is -1.27. The fourth-order valence-electron chi connectivity index (χ4n) is 1.38. The molecule has 0 aliphatic carbocycles. The summed E-state index contributed by atoms with van der Waals surface area (Å²) >= 11 is 3.47. The molecule has 0 unspecified atom stereocenters. The van der Waals surface area contributed by atoms with E-state index in [0.29, 0.717) is 12.5 Å². The van der Waals surface area contributed by atoms with Crippen LogP contribution in [0.1, 0.15) is 17.0 Å². The molecule has 2 N–H and O–H groups in total. The van der Waals surface area contributed by atoms with Gasteiger partial charge >= 0.3 is 0 Å². The SMILES string of the molecule is Cc1nn(-c2ncc(CN)cn2)c(C)c1Br. The molecule has 0 saturated heterocycles. The van der Waals surface area contributed by atoms with Gasteiger partial charge in [-0.1, -0.05) is 0 Å². The molecule has 6 heteroatoms. The van der Waals surface area contributed by atoms with Crippen LogP contribution in [0.3, 0.4) is 0 Å². The molecule has 2 rings (SSSR count). The van der Waals surface area contributed by atoms with Crippen LogP contribution in [0.15, 0.2) is 16.9 Å². The molecule has 0 saturated carbocycles. The summed E-state index contributed by atoms with van der Waals surface area (Å²) in [6, 6.07) is 0. The number of hydrogen-bond acceptors (Lipinski definition) is 4. The zero-order chi connectivity index (χ0) is 11.7. The van der Waals surface area contributed by atoms with Crippen LogP contribution in [0.5, 0.6) is 0 Å². The third-order valence-electron chi connectivity index (χ3n) is 2.32. The van der Waals surface area contributed by atoms with Gasteiger partial charge in [0.15, 0.2) is 0 Å². The summed E-state index contributed by atoms with van der Waals surface area (Å²) < 4.78 is 2.69. The van der Waals surface area contributed by atoms with Crippen molar-refractivity contribution in [2.45, 2.75) is 20.4 Å². The number of aromatic nitrogens is 4. The molecule has 0 atom stereocenters. The zero-order valence-electron chi connectivity index (χ0n) is 9.11. The Bertz CT molecular complexity index is 503. The van der Waals surface area contributed by atoms with E-state index in [2.05, 4.69) is 31.0 Å². The molecule has 0 bridgehead atoms. The topological polar surface area (TPSA) is 69.6 Å². The van der Waals surface area contributed by atoms with Crippen molar-refractivity contribution in [1.82, 2.24) is 19.7 Å². The smallest absolute Gasteiger partial charge is 0.250 e. The van der Waals surface area contributed by atoms with Crippen molar-refractivity contribution in [3.8, 4) is 5.95 Å². The van der Waals surface area contributed by atoms with E-state index in [4.69, 9.17) is 5.73 Å². The molecular weight excluding hydrogens is 270 g/mol. The maximum Gasteiger partial charge on any atom is 0.250 e. The molecule has 84 valence electrons. The zero-order valence-corrected chi connectivity index (χ0v) is 10.7.